The second-order valence-corrected chi connectivity index (χ2v) is 8.20. The number of nitrogens with one attached hydrogen (secondary N) is 1. The molecule has 0 unspecified atom stereocenters. The minimum absolute atomic E-state index is 0.0214. The SMILES string of the molecule is CC[C@H]1CN(C(=O)Nc2cc(F)cc3c2cnn3C)CCN1c1nc(N)nc2c1cnn2C. The van der Waals surface area contributed by atoms with Crippen molar-refractivity contribution in [3.63, 3.8) is 0 Å². The smallest absolute Gasteiger partial charge is 0.321 e. The van der Waals surface area contributed by atoms with Crippen molar-refractivity contribution in [2.45, 2.75) is 19.4 Å². The minimum atomic E-state index is -0.431. The number of carbonyl (C=O) groups excluding carboxylic acids is 1. The summed E-state index contributed by atoms with van der Waals surface area (Å²) in [5.74, 6) is 0.474. The average molecular weight is 452 g/mol. The van der Waals surface area contributed by atoms with E-state index in [0.717, 1.165) is 17.6 Å². The third-order valence-corrected chi connectivity index (χ3v) is 6.18. The van der Waals surface area contributed by atoms with Crippen LogP contribution < -0.4 is 16.0 Å². The van der Waals surface area contributed by atoms with Crippen molar-refractivity contribution < 1.29 is 9.18 Å². The van der Waals surface area contributed by atoms with Gasteiger partial charge in [0, 0.05) is 45.2 Å². The van der Waals surface area contributed by atoms with Gasteiger partial charge in [0.2, 0.25) is 5.95 Å². The lowest BCUT2D eigenvalue weighted by molar-refractivity contribution is 0.197. The Balaban J connectivity index is 1.38. The van der Waals surface area contributed by atoms with Gasteiger partial charge in [0.05, 0.1) is 29.0 Å². The Bertz CT molecular complexity index is 1360. The van der Waals surface area contributed by atoms with Crippen molar-refractivity contribution in [3.8, 4) is 0 Å². The van der Waals surface area contributed by atoms with E-state index >= 15 is 0 Å². The van der Waals surface area contributed by atoms with E-state index in [9.17, 15) is 9.18 Å². The first-order valence-corrected chi connectivity index (χ1v) is 10.7. The van der Waals surface area contributed by atoms with E-state index in [0.29, 0.717) is 41.9 Å². The van der Waals surface area contributed by atoms with Crippen molar-refractivity contribution in [1.82, 2.24) is 34.4 Å². The summed E-state index contributed by atoms with van der Waals surface area (Å²) in [6, 6.07) is 2.46. The lowest BCUT2D eigenvalue weighted by Crippen LogP contribution is -2.56. The van der Waals surface area contributed by atoms with E-state index in [2.05, 4.69) is 37.3 Å². The normalized spacial score (nSPS) is 16.7. The van der Waals surface area contributed by atoms with Gasteiger partial charge in [-0.15, -0.1) is 0 Å². The molecule has 2 amide bonds. The Morgan fingerprint density at radius 2 is 1.91 bits per heavy atom. The van der Waals surface area contributed by atoms with Gasteiger partial charge in [-0.25, -0.2) is 9.18 Å². The van der Waals surface area contributed by atoms with Crippen LogP contribution in [0.4, 0.5) is 26.6 Å². The van der Waals surface area contributed by atoms with E-state index in [1.807, 2.05) is 7.05 Å². The molecule has 11 nitrogen and oxygen atoms in total. The summed E-state index contributed by atoms with van der Waals surface area (Å²) in [4.78, 5) is 25.8. The molecule has 1 aliphatic heterocycles. The van der Waals surface area contributed by atoms with E-state index in [4.69, 9.17) is 5.73 Å². The fourth-order valence-electron chi connectivity index (χ4n) is 4.42. The molecule has 0 aliphatic carbocycles. The zero-order chi connectivity index (χ0) is 23.3. The highest BCUT2D eigenvalue weighted by Crippen LogP contribution is 2.29. The number of nitrogens with two attached hydrogens (primary N) is 1. The van der Waals surface area contributed by atoms with E-state index in [1.54, 1.807) is 33.7 Å². The first-order chi connectivity index (χ1) is 15.9. The van der Waals surface area contributed by atoms with Crippen LogP contribution in [0.15, 0.2) is 24.5 Å². The van der Waals surface area contributed by atoms with E-state index < -0.39 is 5.82 Å². The number of aryl methyl sites for hydroxylation is 2. The quantitative estimate of drug-likeness (QED) is 0.488. The molecule has 3 aromatic heterocycles. The molecule has 1 atom stereocenters. The molecule has 4 heterocycles. The maximum Gasteiger partial charge on any atom is 0.321 e. The molecule has 0 bridgehead atoms. The number of benzene rings is 1. The third-order valence-electron chi connectivity index (χ3n) is 6.18. The number of anilines is 3. The number of aromatic nitrogens is 6. The van der Waals surface area contributed by atoms with Gasteiger partial charge in [0.1, 0.15) is 11.6 Å². The topological polar surface area (TPSA) is 123 Å². The second-order valence-electron chi connectivity index (χ2n) is 8.20. The summed E-state index contributed by atoms with van der Waals surface area (Å²) >= 11 is 0. The Morgan fingerprint density at radius 3 is 2.70 bits per heavy atom. The largest absolute Gasteiger partial charge is 0.368 e. The van der Waals surface area contributed by atoms with Crippen LogP contribution in [0, 0.1) is 5.82 Å². The van der Waals surface area contributed by atoms with E-state index in [1.165, 1.54) is 12.1 Å². The van der Waals surface area contributed by atoms with Crippen molar-refractivity contribution in [2.75, 3.05) is 35.6 Å². The number of rotatable bonds is 3. The van der Waals surface area contributed by atoms with Crippen LogP contribution in [-0.2, 0) is 14.1 Å². The lowest BCUT2D eigenvalue weighted by atomic mass is 10.1. The molecule has 1 saturated heterocycles. The number of nitrogens with zero attached hydrogens (tertiary/aromatic N) is 8. The number of nitrogen functional groups attached to an aromatic ring is 1. The maximum atomic E-state index is 14.1. The molecule has 1 aromatic carbocycles. The van der Waals surface area contributed by atoms with Crippen LogP contribution in [0.5, 0.6) is 0 Å². The highest BCUT2D eigenvalue weighted by Gasteiger charge is 2.31. The van der Waals surface area contributed by atoms with Crippen LogP contribution in [0.2, 0.25) is 0 Å². The molecule has 1 aliphatic rings. The van der Waals surface area contributed by atoms with Gasteiger partial charge in [0.25, 0.3) is 0 Å². The van der Waals surface area contributed by atoms with Crippen LogP contribution in [0.3, 0.4) is 0 Å². The fourth-order valence-corrected chi connectivity index (χ4v) is 4.42. The first kappa shape index (κ1) is 20.9. The van der Waals surface area contributed by atoms with Crippen molar-refractivity contribution in [1.29, 1.82) is 0 Å². The average Bonchev–Trinajstić information content (AvgIpc) is 3.35. The predicted octanol–water partition coefficient (Wildman–Crippen LogP) is 2.10. The number of urea groups is 1. The summed E-state index contributed by atoms with van der Waals surface area (Å²) in [7, 11) is 3.54. The highest BCUT2D eigenvalue weighted by molar-refractivity contribution is 6.00. The summed E-state index contributed by atoms with van der Waals surface area (Å²) < 4.78 is 17.4. The maximum absolute atomic E-state index is 14.1. The van der Waals surface area contributed by atoms with Crippen molar-refractivity contribution >= 4 is 45.4 Å². The second kappa shape index (κ2) is 7.87. The molecular formula is C21H25FN10O. The Hall–Kier alpha value is -3.96. The summed E-state index contributed by atoms with van der Waals surface area (Å²) in [5, 5.41) is 12.8. The van der Waals surface area contributed by atoms with Crippen LogP contribution in [0.25, 0.3) is 21.9 Å². The summed E-state index contributed by atoms with van der Waals surface area (Å²) in [6.07, 6.45) is 4.15. The fraction of sp³-hybridized carbons (Fsp3) is 0.381. The zero-order valence-electron chi connectivity index (χ0n) is 18.7. The molecule has 1 fully saturated rings. The van der Waals surface area contributed by atoms with Gasteiger partial charge in [-0.3, -0.25) is 9.36 Å². The summed E-state index contributed by atoms with van der Waals surface area (Å²) in [5.41, 5.74) is 7.65. The number of piperazine rings is 1. The molecule has 0 spiro atoms. The molecule has 12 heteroatoms. The van der Waals surface area contributed by atoms with Gasteiger partial charge in [0.15, 0.2) is 5.65 Å². The third kappa shape index (κ3) is 3.56. The molecular weight excluding hydrogens is 427 g/mol. The summed E-state index contributed by atoms with van der Waals surface area (Å²) in [6.45, 7) is 3.59. The van der Waals surface area contributed by atoms with Gasteiger partial charge < -0.3 is 20.9 Å². The standard InChI is InChI=1S/C21H25FN10O/c1-4-13-11-31(21(33)26-16-7-12(22)8-17-14(16)9-24-29(17)2)5-6-32(13)19-15-10-25-30(3)18(15)27-20(23)28-19/h7-10,13H,4-6,11H2,1-3H3,(H,26,33)(H2,23,27,28)/t13-/m0/s1. The van der Waals surface area contributed by atoms with Crippen LogP contribution in [0.1, 0.15) is 13.3 Å². The molecule has 5 rings (SSSR count). The molecule has 3 N–H and O–H groups in total. The lowest BCUT2D eigenvalue weighted by Gasteiger charge is -2.42. The number of fused-ring (bicyclic) bond motifs is 2. The number of amides is 2. The highest BCUT2D eigenvalue weighted by atomic mass is 19.1. The van der Waals surface area contributed by atoms with Crippen LogP contribution >= 0.6 is 0 Å². The van der Waals surface area contributed by atoms with Gasteiger partial charge in [-0.2, -0.15) is 20.2 Å². The Morgan fingerprint density at radius 1 is 1.15 bits per heavy atom. The van der Waals surface area contributed by atoms with Crippen LogP contribution in [-0.4, -0.2) is 66.1 Å². The molecule has 0 saturated carbocycles. The number of hydrogen-bond acceptors (Lipinski definition) is 7. The van der Waals surface area contributed by atoms with Gasteiger partial charge in [-0.05, 0) is 18.6 Å². The predicted molar refractivity (Wildman–Crippen MR) is 123 cm³/mol. The number of carbonyl (C=O) groups is 1. The number of halogens is 1. The molecule has 33 heavy (non-hydrogen) atoms. The molecule has 172 valence electrons. The van der Waals surface area contributed by atoms with E-state index in [-0.39, 0.29) is 18.0 Å². The Labute approximate surface area is 189 Å². The van der Waals surface area contributed by atoms with Gasteiger partial charge >= 0.3 is 6.03 Å². The Kier molecular flexibility index (Phi) is 4.99. The number of hydrogen-bond donors (Lipinski definition) is 2. The van der Waals surface area contributed by atoms with Crippen molar-refractivity contribution in [3.05, 3.63) is 30.3 Å². The minimum Gasteiger partial charge on any atom is -0.368 e. The zero-order valence-corrected chi connectivity index (χ0v) is 18.7. The molecule has 4 aromatic rings. The van der Waals surface area contributed by atoms with Crippen molar-refractivity contribution in [2.24, 2.45) is 14.1 Å². The first-order valence-electron chi connectivity index (χ1n) is 10.7. The molecule has 0 radical (unpaired) electrons. The monoisotopic (exact) mass is 452 g/mol. The van der Waals surface area contributed by atoms with Gasteiger partial charge in [-0.1, -0.05) is 6.92 Å².